The number of carbonyl (C=O) groups excluding carboxylic acids is 2. The van der Waals surface area contributed by atoms with E-state index in [0.29, 0.717) is 5.69 Å². The molecule has 0 N–H and O–H groups in total. The first-order chi connectivity index (χ1) is 6.22. The molecule has 1 heterocycles. The number of rotatable bonds is 1. The van der Waals surface area contributed by atoms with Gasteiger partial charge in [0.1, 0.15) is 5.92 Å². The summed E-state index contributed by atoms with van der Waals surface area (Å²) < 4.78 is 0. The Balaban J connectivity index is 2.30. The number of β-lactam (4-membered cyclic amide) rings is 2. The Morgan fingerprint density at radius 1 is 1.08 bits per heavy atom. The van der Waals surface area contributed by atoms with Gasteiger partial charge in [-0.3, -0.25) is 9.59 Å². The molecule has 0 aliphatic carbocycles. The molecule has 0 bridgehead atoms. The van der Waals surface area contributed by atoms with Crippen LogP contribution >= 0.6 is 0 Å². The van der Waals surface area contributed by atoms with E-state index in [1.165, 1.54) is 4.90 Å². The van der Waals surface area contributed by atoms with Gasteiger partial charge in [0.2, 0.25) is 11.8 Å². The highest BCUT2D eigenvalue weighted by Gasteiger charge is 2.43. The first-order valence-electron chi connectivity index (χ1n) is 4.14. The number of imide groups is 1. The van der Waals surface area contributed by atoms with E-state index in [2.05, 4.69) is 0 Å². The van der Waals surface area contributed by atoms with Gasteiger partial charge in [-0.2, -0.15) is 0 Å². The van der Waals surface area contributed by atoms with Crippen molar-refractivity contribution in [1.29, 1.82) is 0 Å². The molecule has 1 aromatic carbocycles. The molecule has 1 saturated heterocycles. The molecule has 13 heavy (non-hydrogen) atoms. The first kappa shape index (κ1) is 7.98. The number of benzene rings is 1. The van der Waals surface area contributed by atoms with Gasteiger partial charge in [0.25, 0.3) is 0 Å². The smallest absolute Gasteiger partial charge is 0.246 e. The topological polar surface area (TPSA) is 37.4 Å². The zero-order valence-electron chi connectivity index (χ0n) is 7.23. The van der Waals surface area contributed by atoms with Crippen LogP contribution in [0, 0.1) is 5.92 Å². The Labute approximate surface area is 76.0 Å². The van der Waals surface area contributed by atoms with Crippen molar-refractivity contribution in [3.63, 3.8) is 0 Å². The summed E-state index contributed by atoms with van der Waals surface area (Å²) in [7, 11) is 0. The molecular formula is C10H9NO2. The summed E-state index contributed by atoms with van der Waals surface area (Å²) in [6.07, 6.45) is 0. The van der Waals surface area contributed by atoms with Crippen LogP contribution in [0.2, 0.25) is 0 Å². The standard InChI is InChI=1S/C10H9NO2/c1-7-9(12)11(10(7)13)8-5-3-2-4-6-8/h2-7H,1H3. The Morgan fingerprint density at radius 3 is 2.15 bits per heavy atom. The molecule has 1 aromatic rings. The van der Waals surface area contributed by atoms with Crippen LogP contribution < -0.4 is 4.90 Å². The van der Waals surface area contributed by atoms with Crippen molar-refractivity contribution in [1.82, 2.24) is 0 Å². The number of hydrogen-bond donors (Lipinski definition) is 0. The van der Waals surface area contributed by atoms with Gasteiger partial charge in [-0.05, 0) is 19.1 Å². The van der Waals surface area contributed by atoms with E-state index in [9.17, 15) is 9.59 Å². The molecule has 1 fully saturated rings. The van der Waals surface area contributed by atoms with Gasteiger partial charge in [-0.15, -0.1) is 0 Å². The average Bonchev–Trinajstić information content (AvgIpc) is 2.19. The van der Waals surface area contributed by atoms with E-state index in [1.807, 2.05) is 6.07 Å². The van der Waals surface area contributed by atoms with E-state index >= 15 is 0 Å². The second-order valence-corrected chi connectivity index (χ2v) is 3.07. The molecule has 3 heteroatoms. The fraction of sp³-hybridized carbons (Fsp3) is 0.200. The van der Waals surface area contributed by atoms with Crippen LogP contribution in [0.1, 0.15) is 6.92 Å². The van der Waals surface area contributed by atoms with E-state index in [1.54, 1.807) is 31.2 Å². The lowest BCUT2D eigenvalue weighted by Gasteiger charge is -2.33. The molecule has 0 spiro atoms. The first-order valence-corrected chi connectivity index (χ1v) is 4.14. The van der Waals surface area contributed by atoms with Crippen LogP contribution in [-0.4, -0.2) is 11.8 Å². The lowest BCUT2D eigenvalue weighted by Crippen LogP contribution is -2.56. The van der Waals surface area contributed by atoms with E-state index < -0.39 is 5.92 Å². The van der Waals surface area contributed by atoms with Crippen LogP contribution in [0.15, 0.2) is 30.3 Å². The Kier molecular flexibility index (Phi) is 1.65. The Hall–Kier alpha value is -1.64. The maximum absolute atomic E-state index is 11.3. The highest BCUT2D eigenvalue weighted by molar-refractivity contribution is 6.32. The number of amides is 2. The monoisotopic (exact) mass is 175 g/mol. The van der Waals surface area contributed by atoms with Crippen molar-refractivity contribution < 1.29 is 9.59 Å². The molecule has 0 radical (unpaired) electrons. The van der Waals surface area contributed by atoms with Crippen molar-refractivity contribution in [3.8, 4) is 0 Å². The number of anilines is 1. The second kappa shape index (κ2) is 2.69. The molecule has 0 saturated carbocycles. The summed E-state index contributed by atoms with van der Waals surface area (Å²) in [4.78, 5) is 23.8. The molecule has 2 rings (SSSR count). The zero-order chi connectivity index (χ0) is 9.42. The van der Waals surface area contributed by atoms with Crippen molar-refractivity contribution in [2.75, 3.05) is 4.90 Å². The number of para-hydroxylation sites is 1. The molecule has 0 unspecified atom stereocenters. The molecule has 0 aromatic heterocycles. The highest BCUT2D eigenvalue weighted by Crippen LogP contribution is 2.26. The minimum Gasteiger partial charge on any atom is -0.273 e. The molecule has 1 aliphatic rings. The Morgan fingerprint density at radius 2 is 1.62 bits per heavy atom. The molecular weight excluding hydrogens is 166 g/mol. The predicted molar refractivity (Wildman–Crippen MR) is 48.1 cm³/mol. The van der Waals surface area contributed by atoms with Gasteiger partial charge in [-0.25, -0.2) is 4.90 Å². The van der Waals surface area contributed by atoms with Crippen molar-refractivity contribution >= 4 is 17.5 Å². The largest absolute Gasteiger partial charge is 0.273 e. The average molecular weight is 175 g/mol. The quantitative estimate of drug-likeness (QED) is 0.475. The summed E-state index contributed by atoms with van der Waals surface area (Å²) >= 11 is 0. The maximum atomic E-state index is 11.3. The third-order valence-electron chi connectivity index (χ3n) is 2.20. The fourth-order valence-electron chi connectivity index (χ4n) is 1.37. The van der Waals surface area contributed by atoms with Gasteiger partial charge in [0.05, 0.1) is 5.69 Å². The van der Waals surface area contributed by atoms with Crippen LogP contribution in [0.4, 0.5) is 5.69 Å². The highest BCUT2D eigenvalue weighted by atomic mass is 16.2. The van der Waals surface area contributed by atoms with Crippen LogP contribution in [0.5, 0.6) is 0 Å². The number of nitrogens with zero attached hydrogens (tertiary/aromatic N) is 1. The van der Waals surface area contributed by atoms with E-state index in [0.717, 1.165) is 0 Å². The SMILES string of the molecule is CC1C(=O)N(c2ccccc2)C1=O. The van der Waals surface area contributed by atoms with Gasteiger partial charge in [-0.1, -0.05) is 18.2 Å². The summed E-state index contributed by atoms with van der Waals surface area (Å²) in [6.45, 7) is 1.63. The van der Waals surface area contributed by atoms with Gasteiger partial charge in [0.15, 0.2) is 0 Å². The van der Waals surface area contributed by atoms with Crippen LogP contribution in [-0.2, 0) is 9.59 Å². The summed E-state index contributed by atoms with van der Waals surface area (Å²) in [5.74, 6) is -0.687. The summed E-state index contributed by atoms with van der Waals surface area (Å²) in [5.41, 5.74) is 0.663. The summed E-state index contributed by atoms with van der Waals surface area (Å²) in [6, 6.07) is 8.96. The molecule has 3 nitrogen and oxygen atoms in total. The third kappa shape index (κ3) is 1.04. The van der Waals surface area contributed by atoms with E-state index in [4.69, 9.17) is 0 Å². The third-order valence-corrected chi connectivity index (χ3v) is 2.20. The van der Waals surface area contributed by atoms with Crippen molar-refractivity contribution in [2.24, 2.45) is 5.92 Å². The summed E-state index contributed by atoms with van der Waals surface area (Å²) in [5, 5.41) is 0. The van der Waals surface area contributed by atoms with Gasteiger partial charge < -0.3 is 0 Å². The molecule has 0 atom stereocenters. The maximum Gasteiger partial charge on any atom is 0.246 e. The minimum absolute atomic E-state index is 0.115. The number of carbonyl (C=O) groups is 2. The van der Waals surface area contributed by atoms with Crippen LogP contribution in [0.3, 0.4) is 0 Å². The van der Waals surface area contributed by atoms with E-state index in [-0.39, 0.29) is 11.8 Å². The van der Waals surface area contributed by atoms with Crippen molar-refractivity contribution in [2.45, 2.75) is 6.92 Å². The minimum atomic E-state index is -0.458. The molecule has 66 valence electrons. The zero-order valence-corrected chi connectivity index (χ0v) is 7.23. The van der Waals surface area contributed by atoms with Crippen molar-refractivity contribution in [3.05, 3.63) is 30.3 Å². The second-order valence-electron chi connectivity index (χ2n) is 3.07. The fourth-order valence-corrected chi connectivity index (χ4v) is 1.37. The lowest BCUT2D eigenvalue weighted by atomic mass is 9.99. The van der Waals surface area contributed by atoms with Crippen LogP contribution in [0.25, 0.3) is 0 Å². The predicted octanol–water partition coefficient (Wildman–Crippen LogP) is 1.20. The van der Waals surface area contributed by atoms with Gasteiger partial charge >= 0.3 is 0 Å². The normalized spacial score (nSPS) is 17.5. The number of hydrogen-bond acceptors (Lipinski definition) is 2. The molecule has 1 aliphatic heterocycles. The molecule has 2 amide bonds. The Bertz CT molecular complexity index is 342. The van der Waals surface area contributed by atoms with Gasteiger partial charge in [0, 0.05) is 0 Å². The lowest BCUT2D eigenvalue weighted by molar-refractivity contribution is -0.142.